The molecular formula is C21H25N3O4S. The van der Waals surface area contributed by atoms with E-state index < -0.39 is 4.92 Å². The molecule has 154 valence electrons. The number of amides is 2. The number of aryl methyl sites for hydroxylation is 2. The first kappa shape index (κ1) is 22.4. The van der Waals surface area contributed by atoms with Crippen molar-refractivity contribution < 1.29 is 14.5 Å². The smallest absolute Gasteiger partial charge is 0.269 e. The van der Waals surface area contributed by atoms with Crippen LogP contribution in [-0.4, -0.2) is 40.2 Å². The Morgan fingerprint density at radius 1 is 1.17 bits per heavy atom. The van der Waals surface area contributed by atoms with Gasteiger partial charge in [-0.25, -0.2) is 0 Å². The number of benzene rings is 2. The van der Waals surface area contributed by atoms with Crippen LogP contribution in [0.25, 0.3) is 0 Å². The number of anilines is 1. The van der Waals surface area contributed by atoms with E-state index in [2.05, 4.69) is 5.32 Å². The fourth-order valence-electron chi connectivity index (χ4n) is 2.81. The van der Waals surface area contributed by atoms with E-state index in [1.807, 2.05) is 39.0 Å². The quantitative estimate of drug-likeness (QED) is 0.517. The molecule has 2 rings (SSSR count). The summed E-state index contributed by atoms with van der Waals surface area (Å²) in [5.74, 6) is 0.00574. The second-order valence-electron chi connectivity index (χ2n) is 6.89. The Kier molecular flexibility index (Phi) is 7.78. The molecule has 0 spiro atoms. The molecular weight excluding hydrogens is 390 g/mol. The number of rotatable bonds is 8. The lowest BCUT2D eigenvalue weighted by molar-refractivity contribution is -0.384. The van der Waals surface area contributed by atoms with Crippen molar-refractivity contribution in [1.29, 1.82) is 0 Å². The summed E-state index contributed by atoms with van der Waals surface area (Å²) in [5, 5.41) is 13.8. The normalized spacial score (nSPS) is 11.6. The zero-order valence-corrected chi connectivity index (χ0v) is 17.8. The molecule has 0 aliphatic heterocycles. The lowest BCUT2D eigenvalue weighted by Crippen LogP contribution is -2.31. The minimum Gasteiger partial charge on any atom is -0.338 e. The molecule has 1 atom stereocenters. The number of non-ortho nitro benzene ring substituents is 1. The third kappa shape index (κ3) is 6.32. The molecule has 0 saturated carbocycles. The third-order valence-electron chi connectivity index (χ3n) is 4.65. The highest BCUT2D eigenvalue weighted by atomic mass is 32.2. The van der Waals surface area contributed by atoms with Gasteiger partial charge in [-0.05, 0) is 38.0 Å². The Balaban J connectivity index is 1.85. The molecule has 0 unspecified atom stereocenters. The molecule has 29 heavy (non-hydrogen) atoms. The molecule has 0 radical (unpaired) electrons. The van der Waals surface area contributed by atoms with Gasteiger partial charge in [0.05, 0.1) is 22.5 Å². The van der Waals surface area contributed by atoms with Crippen LogP contribution in [0.15, 0.2) is 42.5 Å². The highest BCUT2D eigenvalue weighted by molar-refractivity contribution is 8.00. The zero-order chi connectivity index (χ0) is 21.6. The van der Waals surface area contributed by atoms with E-state index in [4.69, 9.17) is 0 Å². The van der Waals surface area contributed by atoms with E-state index in [9.17, 15) is 19.7 Å². The van der Waals surface area contributed by atoms with Gasteiger partial charge in [0.1, 0.15) is 0 Å². The van der Waals surface area contributed by atoms with E-state index in [1.54, 1.807) is 19.2 Å². The van der Waals surface area contributed by atoms with E-state index in [-0.39, 0.29) is 35.0 Å². The molecule has 0 bridgehead atoms. The van der Waals surface area contributed by atoms with Crippen LogP contribution in [0.3, 0.4) is 0 Å². The Morgan fingerprint density at radius 2 is 1.90 bits per heavy atom. The third-order valence-corrected chi connectivity index (χ3v) is 5.57. The highest BCUT2D eigenvalue weighted by Gasteiger charge is 2.19. The van der Waals surface area contributed by atoms with Crippen molar-refractivity contribution in [2.24, 2.45) is 0 Å². The van der Waals surface area contributed by atoms with Crippen LogP contribution in [0.2, 0.25) is 0 Å². The summed E-state index contributed by atoms with van der Waals surface area (Å²) in [6.45, 7) is 5.74. The van der Waals surface area contributed by atoms with Gasteiger partial charge in [-0.2, -0.15) is 0 Å². The first-order valence-corrected chi connectivity index (χ1v) is 10.3. The maximum atomic E-state index is 12.4. The lowest BCUT2D eigenvalue weighted by Gasteiger charge is -2.25. The Morgan fingerprint density at radius 3 is 2.55 bits per heavy atom. The lowest BCUT2D eigenvalue weighted by atomic mass is 10.1. The molecule has 2 aromatic carbocycles. The van der Waals surface area contributed by atoms with Gasteiger partial charge in [-0.3, -0.25) is 19.7 Å². The van der Waals surface area contributed by atoms with Crippen molar-refractivity contribution in [3.8, 4) is 0 Å². The number of hydrogen-bond donors (Lipinski definition) is 1. The Bertz CT molecular complexity index is 917. The molecule has 0 aliphatic rings. The van der Waals surface area contributed by atoms with Gasteiger partial charge in [0.2, 0.25) is 11.8 Å². The number of nitrogens with zero attached hydrogens (tertiary/aromatic N) is 2. The van der Waals surface area contributed by atoms with Gasteiger partial charge < -0.3 is 10.2 Å². The van der Waals surface area contributed by atoms with Gasteiger partial charge in [-0.15, -0.1) is 11.8 Å². The number of carbonyl (C=O) groups is 2. The van der Waals surface area contributed by atoms with Crippen LogP contribution in [0.1, 0.15) is 29.7 Å². The summed E-state index contributed by atoms with van der Waals surface area (Å²) in [6.07, 6.45) is 0. The summed E-state index contributed by atoms with van der Waals surface area (Å²) in [5.41, 5.74) is 3.57. The van der Waals surface area contributed by atoms with E-state index in [0.29, 0.717) is 5.56 Å². The summed E-state index contributed by atoms with van der Waals surface area (Å²) < 4.78 is 0. The minimum absolute atomic E-state index is 0.00681. The maximum Gasteiger partial charge on any atom is 0.269 e. The predicted molar refractivity (Wildman–Crippen MR) is 116 cm³/mol. The highest BCUT2D eigenvalue weighted by Crippen LogP contribution is 2.23. The molecule has 1 N–H and O–H groups in total. The van der Waals surface area contributed by atoms with E-state index in [1.165, 1.54) is 28.8 Å². The van der Waals surface area contributed by atoms with Gasteiger partial charge >= 0.3 is 0 Å². The monoisotopic (exact) mass is 415 g/mol. The number of nitrogens with one attached hydrogen (secondary N) is 1. The predicted octanol–water partition coefficient (Wildman–Crippen LogP) is 4.10. The molecule has 2 aromatic rings. The van der Waals surface area contributed by atoms with Crippen LogP contribution in [-0.2, 0) is 9.59 Å². The number of nitro groups is 1. The fraction of sp³-hybridized carbons (Fsp3) is 0.333. The molecule has 8 heteroatoms. The summed E-state index contributed by atoms with van der Waals surface area (Å²) >= 11 is 1.24. The number of hydrogen-bond acceptors (Lipinski definition) is 5. The summed E-state index contributed by atoms with van der Waals surface area (Å²) in [7, 11) is 1.65. The SMILES string of the molecule is Cc1ccc(NC(=O)CSCC(=O)N(C)[C@@H](C)c2cccc([N+](=O)[O-])c2)c(C)c1. The van der Waals surface area contributed by atoms with E-state index >= 15 is 0 Å². The average molecular weight is 416 g/mol. The van der Waals surface area contributed by atoms with Crippen LogP contribution in [0.5, 0.6) is 0 Å². The topological polar surface area (TPSA) is 92.6 Å². The first-order valence-electron chi connectivity index (χ1n) is 9.14. The standard InChI is InChI=1S/C21H25N3O4S/c1-14-8-9-19(15(2)10-14)22-20(25)12-29-13-21(26)23(4)16(3)17-6-5-7-18(11-17)24(27)28/h5-11,16H,12-13H2,1-4H3,(H,22,25)/t16-/m0/s1. The van der Waals surface area contributed by atoms with Crippen LogP contribution in [0.4, 0.5) is 11.4 Å². The van der Waals surface area contributed by atoms with Crippen molar-refractivity contribution in [2.45, 2.75) is 26.8 Å². The van der Waals surface area contributed by atoms with Crippen molar-refractivity contribution in [3.05, 3.63) is 69.3 Å². The van der Waals surface area contributed by atoms with Gasteiger partial charge in [0, 0.05) is 24.9 Å². The van der Waals surface area contributed by atoms with Crippen LogP contribution >= 0.6 is 11.8 Å². The molecule has 0 fully saturated rings. The molecule has 0 heterocycles. The van der Waals surface area contributed by atoms with Crippen molar-refractivity contribution in [3.63, 3.8) is 0 Å². The van der Waals surface area contributed by atoms with Crippen molar-refractivity contribution in [2.75, 3.05) is 23.9 Å². The Labute approximate surface area is 174 Å². The van der Waals surface area contributed by atoms with Crippen LogP contribution < -0.4 is 5.32 Å². The second-order valence-corrected chi connectivity index (χ2v) is 7.88. The summed E-state index contributed by atoms with van der Waals surface area (Å²) in [4.78, 5) is 36.6. The molecule has 2 amide bonds. The van der Waals surface area contributed by atoms with Crippen molar-refractivity contribution in [1.82, 2.24) is 4.90 Å². The zero-order valence-electron chi connectivity index (χ0n) is 17.0. The molecule has 7 nitrogen and oxygen atoms in total. The first-order chi connectivity index (χ1) is 13.7. The fourth-order valence-corrected chi connectivity index (χ4v) is 3.55. The maximum absolute atomic E-state index is 12.4. The largest absolute Gasteiger partial charge is 0.338 e. The second kappa shape index (κ2) is 10.1. The molecule has 0 aliphatic carbocycles. The number of nitro benzene ring substituents is 1. The van der Waals surface area contributed by atoms with Crippen molar-refractivity contribution >= 4 is 35.0 Å². The van der Waals surface area contributed by atoms with Gasteiger partial charge in [0.15, 0.2) is 0 Å². The summed E-state index contributed by atoms with van der Waals surface area (Å²) in [6, 6.07) is 11.7. The Hall–Kier alpha value is -2.87. The molecule has 0 aromatic heterocycles. The van der Waals surface area contributed by atoms with Crippen LogP contribution in [0, 0.1) is 24.0 Å². The number of carbonyl (C=O) groups excluding carboxylic acids is 2. The van der Waals surface area contributed by atoms with Gasteiger partial charge in [0.25, 0.3) is 5.69 Å². The van der Waals surface area contributed by atoms with Gasteiger partial charge in [-0.1, -0.05) is 29.8 Å². The average Bonchev–Trinajstić information content (AvgIpc) is 2.69. The molecule has 0 saturated heterocycles. The number of thioether (sulfide) groups is 1. The minimum atomic E-state index is -0.456. The van der Waals surface area contributed by atoms with E-state index in [0.717, 1.165) is 16.8 Å².